The van der Waals surface area contributed by atoms with E-state index in [2.05, 4.69) is 14.7 Å². The van der Waals surface area contributed by atoms with Crippen molar-refractivity contribution in [2.45, 2.75) is 50.3 Å². The molecule has 11 heteroatoms. The van der Waals surface area contributed by atoms with Gasteiger partial charge >= 0.3 is 0 Å². The molecular weight excluding hydrogens is 533 g/mol. The van der Waals surface area contributed by atoms with Gasteiger partial charge in [0.25, 0.3) is 0 Å². The lowest BCUT2D eigenvalue weighted by atomic mass is 10.0. The zero-order chi connectivity index (χ0) is 28.4. The van der Waals surface area contributed by atoms with E-state index in [1.807, 2.05) is 18.2 Å². The largest absolute Gasteiger partial charge is 0.337 e. The lowest BCUT2D eigenvalue weighted by Gasteiger charge is -2.25. The molecule has 0 bridgehead atoms. The summed E-state index contributed by atoms with van der Waals surface area (Å²) < 4.78 is 43.8. The molecule has 1 fully saturated rings. The number of amides is 1. The number of Topliss-reactive ketones (excluding diaryl/α,β-unsaturated/α-hetero) is 1. The quantitative estimate of drug-likeness (QED) is 0.309. The third-order valence-electron chi connectivity index (χ3n) is 7.19. The second-order valence-electron chi connectivity index (χ2n) is 10.0. The van der Waals surface area contributed by atoms with Gasteiger partial charge in [-0.05, 0) is 50.1 Å². The Labute approximate surface area is 232 Å². The number of rotatable bonds is 9. The van der Waals surface area contributed by atoms with Crippen molar-refractivity contribution in [3.63, 3.8) is 0 Å². The van der Waals surface area contributed by atoms with Crippen LogP contribution < -0.4 is 4.72 Å². The van der Waals surface area contributed by atoms with Crippen molar-refractivity contribution < 1.29 is 22.4 Å². The van der Waals surface area contributed by atoms with Crippen LogP contribution in [0, 0.1) is 6.92 Å². The SMILES string of the molecule is CC(=O)c1cn(CC(=O)N2C[C@H](F)C[C@H]2CCNS(=O)(=O)c2ccccc2)c2ccc(-c3cnc(C)nc3)cc12. The maximum absolute atomic E-state index is 14.4. The van der Waals surface area contributed by atoms with E-state index in [0.717, 1.165) is 11.1 Å². The summed E-state index contributed by atoms with van der Waals surface area (Å²) in [5.74, 6) is 0.226. The number of ketones is 1. The molecule has 2 atom stereocenters. The van der Waals surface area contributed by atoms with Crippen LogP contribution in [0.4, 0.5) is 4.39 Å². The Morgan fingerprint density at radius 2 is 1.80 bits per heavy atom. The van der Waals surface area contributed by atoms with Crippen LogP contribution in [0.5, 0.6) is 0 Å². The van der Waals surface area contributed by atoms with Gasteiger partial charge in [-0.25, -0.2) is 27.5 Å². The van der Waals surface area contributed by atoms with Crippen LogP contribution in [-0.4, -0.2) is 64.8 Å². The van der Waals surface area contributed by atoms with Crippen LogP contribution in [0.3, 0.4) is 0 Å². The highest BCUT2D eigenvalue weighted by molar-refractivity contribution is 7.89. The first-order valence-corrected chi connectivity index (χ1v) is 14.5. The zero-order valence-corrected chi connectivity index (χ0v) is 23.1. The number of aromatic nitrogens is 3. The summed E-state index contributed by atoms with van der Waals surface area (Å²) in [6, 6.07) is 13.2. The number of benzene rings is 2. The van der Waals surface area contributed by atoms with Gasteiger partial charge in [-0.1, -0.05) is 24.3 Å². The fourth-order valence-electron chi connectivity index (χ4n) is 5.15. The van der Waals surface area contributed by atoms with Gasteiger partial charge in [0.1, 0.15) is 18.5 Å². The van der Waals surface area contributed by atoms with Gasteiger partial charge in [-0.3, -0.25) is 9.59 Å². The highest BCUT2D eigenvalue weighted by Crippen LogP contribution is 2.29. The lowest BCUT2D eigenvalue weighted by Crippen LogP contribution is -2.40. The first-order valence-electron chi connectivity index (χ1n) is 13.0. The molecule has 0 radical (unpaired) electrons. The molecule has 9 nitrogen and oxygen atoms in total. The summed E-state index contributed by atoms with van der Waals surface area (Å²) in [4.78, 5) is 36.0. The third kappa shape index (κ3) is 5.80. The van der Waals surface area contributed by atoms with Crippen molar-refractivity contribution in [1.29, 1.82) is 0 Å². The van der Waals surface area contributed by atoms with Gasteiger partial charge in [-0.15, -0.1) is 0 Å². The minimum absolute atomic E-state index is 0.0503. The van der Waals surface area contributed by atoms with Crippen LogP contribution in [0.25, 0.3) is 22.0 Å². The van der Waals surface area contributed by atoms with Crippen LogP contribution >= 0.6 is 0 Å². The number of nitrogens with one attached hydrogen (secondary N) is 1. The number of hydrogen-bond donors (Lipinski definition) is 1. The number of carbonyl (C=O) groups is 2. The Balaban J connectivity index is 1.32. The van der Waals surface area contributed by atoms with Crippen LogP contribution in [-0.2, 0) is 21.4 Å². The van der Waals surface area contributed by atoms with Gasteiger partial charge in [0.05, 0.1) is 11.4 Å². The summed E-state index contributed by atoms with van der Waals surface area (Å²) in [7, 11) is -3.70. The van der Waals surface area contributed by atoms with Crippen molar-refractivity contribution in [3.8, 4) is 11.1 Å². The number of aryl methyl sites for hydroxylation is 1. The summed E-state index contributed by atoms with van der Waals surface area (Å²) >= 11 is 0. The minimum Gasteiger partial charge on any atom is -0.337 e. The van der Waals surface area contributed by atoms with Gasteiger partial charge < -0.3 is 9.47 Å². The molecule has 1 saturated heterocycles. The van der Waals surface area contributed by atoms with E-state index < -0.39 is 22.2 Å². The Kier molecular flexibility index (Phi) is 7.77. The van der Waals surface area contributed by atoms with E-state index in [4.69, 9.17) is 0 Å². The molecule has 40 heavy (non-hydrogen) atoms. The Hall–Kier alpha value is -3.96. The zero-order valence-electron chi connectivity index (χ0n) is 22.2. The second kappa shape index (κ2) is 11.3. The average Bonchev–Trinajstić information content (AvgIpc) is 3.49. The molecular formula is C29H30FN5O4S. The molecule has 1 aliphatic heterocycles. The topological polar surface area (TPSA) is 114 Å². The van der Waals surface area contributed by atoms with Gasteiger partial charge in [-0.2, -0.15) is 0 Å². The number of carbonyl (C=O) groups excluding carboxylic acids is 2. The molecule has 1 N–H and O–H groups in total. The maximum atomic E-state index is 14.4. The summed E-state index contributed by atoms with van der Waals surface area (Å²) in [5.41, 5.74) is 2.84. The predicted octanol–water partition coefficient (Wildman–Crippen LogP) is 3.92. The summed E-state index contributed by atoms with van der Waals surface area (Å²) in [5, 5.41) is 0.704. The van der Waals surface area contributed by atoms with E-state index in [1.54, 1.807) is 48.3 Å². The Morgan fingerprint density at radius 1 is 1.07 bits per heavy atom. The molecule has 3 heterocycles. The highest BCUT2D eigenvalue weighted by atomic mass is 32.2. The van der Waals surface area contributed by atoms with Crippen molar-refractivity contribution in [1.82, 2.24) is 24.2 Å². The first-order chi connectivity index (χ1) is 19.1. The third-order valence-corrected chi connectivity index (χ3v) is 8.66. The molecule has 0 aliphatic carbocycles. The van der Waals surface area contributed by atoms with E-state index >= 15 is 0 Å². The fourth-order valence-corrected chi connectivity index (χ4v) is 6.22. The summed E-state index contributed by atoms with van der Waals surface area (Å²) in [6.07, 6.45) is 4.34. The monoisotopic (exact) mass is 563 g/mol. The standard InChI is InChI=1S/C29H30FN5O4S/c1-19(36)27-17-34(28-9-8-21(12-26(27)28)22-14-31-20(2)32-15-22)18-29(37)35-16-23(30)13-24(35)10-11-33-40(38,39)25-6-4-3-5-7-25/h3-9,12,14-15,17,23-24,33H,10-11,13,16,18H2,1-2H3/t23-,24-/m1/s1. The number of fused-ring (bicyclic) bond motifs is 1. The molecule has 2 aromatic carbocycles. The second-order valence-corrected chi connectivity index (χ2v) is 11.8. The van der Waals surface area contributed by atoms with Crippen molar-refractivity contribution >= 4 is 32.6 Å². The van der Waals surface area contributed by atoms with Gasteiger partial charge in [0.15, 0.2) is 5.78 Å². The smallest absolute Gasteiger partial charge is 0.242 e. The molecule has 0 unspecified atom stereocenters. The number of sulfonamides is 1. The van der Waals surface area contributed by atoms with Gasteiger partial charge in [0, 0.05) is 59.6 Å². The Morgan fingerprint density at radius 3 is 2.50 bits per heavy atom. The molecule has 1 amide bonds. The van der Waals surface area contributed by atoms with Gasteiger partial charge in [0.2, 0.25) is 15.9 Å². The molecule has 0 spiro atoms. The van der Waals surface area contributed by atoms with Crippen LogP contribution in [0.1, 0.15) is 35.9 Å². The van der Waals surface area contributed by atoms with Crippen molar-refractivity contribution in [2.24, 2.45) is 0 Å². The number of nitrogens with zero attached hydrogens (tertiary/aromatic N) is 4. The van der Waals surface area contributed by atoms with Crippen LogP contribution in [0.2, 0.25) is 0 Å². The normalized spacial score (nSPS) is 17.4. The first kappa shape index (κ1) is 27.6. The van der Waals surface area contributed by atoms with Crippen molar-refractivity contribution in [3.05, 3.63) is 78.5 Å². The number of halogens is 1. The van der Waals surface area contributed by atoms with E-state index in [9.17, 15) is 22.4 Å². The summed E-state index contributed by atoms with van der Waals surface area (Å²) in [6.45, 7) is 3.23. The molecule has 4 aromatic rings. The number of hydrogen-bond acceptors (Lipinski definition) is 6. The van der Waals surface area contributed by atoms with E-state index in [1.165, 1.54) is 24.0 Å². The average molecular weight is 564 g/mol. The molecule has 5 rings (SSSR count). The molecule has 0 saturated carbocycles. The highest BCUT2D eigenvalue weighted by Gasteiger charge is 2.35. The molecule has 2 aromatic heterocycles. The molecule has 1 aliphatic rings. The fraction of sp³-hybridized carbons (Fsp3) is 0.310. The number of alkyl halides is 1. The Bertz CT molecular complexity index is 1660. The lowest BCUT2D eigenvalue weighted by molar-refractivity contribution is -0.132. The van der Waals surface area contributed by atoms with E-state index in [0.29, 0.717) is 22.3 Å². The number of likely N-dealkylation sites (tertiary alicyclic amines) is 1. The maximum Gasteiger partial charge on any atom is 0.242 e. The molecule has 208 valence electrons. The minimum atomic E-state index is -3.70. The van der Waals surface area contributed by atoms with Crippen molar-refractivity contribution in [2.75, 3.05) is 13.1 Å². The van der Waals surface area contributed by atoms with Crippen LogP contribution in [0.15, 0.2) is 72.0 Å². The predicted molar refractivity (Wildman–Crippen MR) is 149 cm³/mol. The van der Waals surface area contributed by atoms with E-state index in [-0.39, 0.29) is 49.1 Å².